The molecule has 0 bridgehead atoms. The van der Waals surface area contributed by atoms with Gasteiger partial charge in [0.05, 0.1) is 38.0 Å². The fourth-order valence-corrected chi connectivity index (χ4v) is 6.92. The molecule has 14 nitrogen and oxygen atoms in total. The van der Waals surface area contributed by atoms with Crippen molar-refractivity contribution in [2.24, 2.45) is 11.8 Å². The van der Waals surface area contributed by atoms with Gasteiger partial charge in [-0.3, -0.25) is 14.5 Å². The maximum Gasteiger partial charge on any atom is 0.407 e. The second kappa shape index (κ2) is 18.9. The van der Waals surface area contributed by atoms with Crippen molar-refractivity contribution >= 4 is 29.6 Å². The summed E-state index contributed by atoms with van der Waals surface area (Å²) in [6, 6.07) is 2.16. The summed E-state index contributed by atoms with van der Waals surface area (Å²) < 4.78 is 60.7. The molecule has 4 N–H and O–H groups in total. The first kappa shape index (κ1) is 39.6. The number of hydrogen-bond acceptors (Lipinski definition) is 10. The van der Waals surface area contributed by atoms with Gasteiger partial charge in [0.1, 0.15) is 30.6 Å². The minimum Gasteiger partial charge on any atom is -0.448 e. The minimum absolute atomic E-state index is 0.0411. The van der Waals surface area contributed by atoms with E-state index in [1.54, 1.807) is 11.1 Å². The quantitative estimate of drug-likeness (QED) is 0.106. The molecule has 0 saturated carbocycles. The number of hydrogen-bond donors (Lipinski definition) is 4. The number of ether oxygens (including phenoxy) is 3. The highest BCUT2D eigenvalue weighted by Gasteiger charge is 2.44. The Bertz CT molecular complexity index is 1540. The number of rotatable bonds is 17. The van der Waals surface area contributed by atoms with E-state index in [9.17, 15) is 23.6 Å². The smallest absolute Gasteiger partial charge is 0.407 e. The summed E-state index contributed by atoms with van der Waals surface area (Å²) >= 11 is 0. The highest BCUT2D eigenvalue weighted by atomic mass is 19.1. The summed E-state index contributed by atoms with van der Waals surface area (Å²) in [4.78, 5) is 54.2. The van der Waals surface area contributed by atoms with Crippen molar-refractivity contribution in [3.8, 4) is 0 Å². The second-order valence-electron chi connectivity index (χ2n) is 13.5. The van der Waals surface area contributed by atoms with Gasteiger partial charge in [-0.2, -0.15) is 0 Å². The van der Waals surface area contributed by atoms with Crippen LogP contribution in [0.2, 0.25) is 0 Å². The largest absolute Gasteiger partial charge is 0.448 e. The Morgan fingerprint density at radius 1 is 1.08 bits per heavy atom. The van der Waals surface area contributed by atoms with Crippen LogP contribution >= 0.6 is 0 Å². The van der Waals surface area contributed by atoms with Crippen LogP contribution in [-0.2, 0) is 23.8 Å². The molecule has 17 heteroatoms. The molecule has 2 saturated heterocycles. The topological polar surface area (TPSA) is 154 Å². The van der Waals surface area contributed by atoms with Gasteiger partial charge in [-0.25, -0.2) is 22.8 Å². The standard InChI is InChI=1S/C36H48F3N7O7/c1-23(2)20-44-22-30(27-17-26(37)3-4-28(27)38)43-34(44)33(24-7-12-51-13-8-24)46(21-25-18-40-19-29(25)39)35(49)41-10-15-53-36(50)42-9-14-52-16-11-45-31(47)5-6-32(45)48/h3-6,17,22,24-25,29,33-34,40,43H,1,7-16,18-21H2,2H3,(H,41,49)(H,42,50). The van der Waals surface area contributed by atoms with E-state index in [-0.39, 0.29) is 64.0 Å². The van der Waals surface area contributed by atoms with Gasteiger partial charge in [0.15, 0.2) is 0 Å². The fraction of sp³-hybridized carbons (Fsp3) is 0.556. The Morgan fingerprint density at radius 3 is 2.51 bits per heavy atom. The van der Waals surface area contributed by atoms with E-state index in [0.29, 0.717) is 44.8 Å². The van der Waals surface area contributed by atoms with Gasteiger partial charge in [-0.1, -0.05) is 12.2 Å². The van der Waals surface area contributed by atoms with Crippen LogP contribution in [0.4, 0.5) is 22.8 Å². The number of nitrogens with one attached hydrogen (secondary N) is 4. The molecular formula is C36H48F3N7O7. The molecule has 5 amide bonds. The first-order valence-electron chi connectivity index (χ1n) is 17.8. The van der Waals surface area contributed by atoms with Gasteiger partial charge in [0.2, 0.25) is 0 Å². The van der Waals surface area contributed by atoms with Crippen molar-refractivity contribution in [1.82, 2.24) is 36.0 Å². The Balaban J connectivity index is 1.22. The Hall–Kier alpha value is -4.61. The summed E-state index contributed by atoms with van der Waals surface area (Å²) in [5.41, 5.74) is 1.18. The molecule has 4 aliphatic rings. The molecule has 4 atom stereocenters. The Labute approximate surface area is 306 Å². The lowest BCUT2D eigenvalue weighted by Gasteiger charge is -2.45. The predicted molar refractivity (Wildman–Crippen MR) is 187 cm³/mol. The molecular weight excluding hydrogens is 699 g/mol. The average Bonchev–Trinajstić information content (AvgIpc) is 3.83. The molecule has 2 fully saturated rings. The lowest BCUT2D eigenvalue weighted by atomic mass is 9.87. The summed E-state index contributed by atoms with van der Waals surface area (Å²) in [5, 5.41) is 11.8. The highest BCUT2D eigenvalue weighted by Crippen LogP contribution is 2.34. The number of imide groups is 1. The Morgan fingerprint density at radius 2 is 1.81 bits per heavy atom. The van der Waals surface area contributed by atoms with Crippen molar-refractivity contribution in [2.45, 2.75) is 38.1 Å². The molecule has 0 aliphatic carbocycles. The highest BCUT2D eigenvalue weighted by molar-refractivity contribution is 6.12. The Kier molecular flexibility index (Phi) is 14.1. The number of carbonyl (C=O) groups is 4. The van der Waals surface area contributed by atoms with Crippen molar-refractivity contribution in [3.05, 3.63) is 65.9 Å². The van der Waals surface area contributed by atoms with Crippen LogP contribution in [0.3, 0.4) is 0 Å². The third kappa shape index (κ3) is 10.7. The molecule has 0 aromatic heterocycles. The van der Waals surface area contributed by atoms with Crippen molar-refractivity contribution < 1.29 is 46.6 Å². The van der Waals surface area contributed by atoms with E-state index in [1.165, 1.54) is 12.2 Å². The molecule has 290 valence electrons. The first-order valence-corrected chi connectivity index (χ1v) is 17.8. The molecule has 4 unspecified atom stereocenters. The molecule has 53 heavy (non-hydrogen) atoms. The second-order valence-corrected chi connectivity index (χ2v) is 13.5. The monoisotopic (exact) mass is 747 g/mol. The third-order valence-electron chi connectivity index (χ3n) is 9.50. The van der Waals surface area contributed by atoms with E-state index >= 15 is 8.78 Å². The zero-order valence-corrected chi connectivity index (χ0v) is 29.8. The zero-order chi connectivity index (χ0) is 37.9. The van der Waals surface area contributed by atoms with E-state index < -0.39 is 59.9 Å². The van der Waals surface area contributed by atoms with Crippen molar-refractivity contribution in [2.75, 3.05) is 78.8 Å². The summed E-state index contributed by atoms with van der Waals surface area (Å²) in [7, 11) is 0. The zero-order valence-electron chi connectivity index (χ0n) is 29.8. The predicted octanol–water partition coefficient (Wildman–Crippen LogP) is 2.10. The molecule has 0 spiro atoms. The lowest BCUT2D eigenvalue weighted by molar-refractivity contribution is -0.137. The molecule has 5 rings (SSSR count). The van der Waals surface area contributed by atoms with Gasteiger partial charge in [0.25, 0.3) is 11.8 Å². The van der Waals surface area contributed by atoms with E-state index in [1.807, 2.05) is 11.8 Å². The number of carbonyl (C=O) groups excluding carboxylic acids is 4. The summed E-state index contributed by atoms with van der Waals surface area (Å²) in [5.74, 6) is -2.62. The summed E-state index contributed by atoms with van der Waals surface area (Å²) in [6.45, 7) is 8.01. The van der Waals surface area contributed by atoms with Crippen LogP contribution in [0.5, 0.6) is 0 Å². The number of alkyl carbamates (subject to hydrolysis) is 1. The van der Waals surface area contributed by atoms with Crippen LogP contribution in [0.25, 0.3) is 5.70 Å². The van der Waals surface area contributed by atoms with E-state index in [4.69, 9.17) is 14.2 Å². The van der Waals surface area contributed by atoms with Gasteiger partial charge in [-0.15, -0.1) is 0 Å². The number of alkyl halides is 1. The average molecular weight is 748 g/mol. The van der Waals surface area contributed by atoms with Gasteiger partial charge < -0.3 is 45.3 Å². The summed E-state index contributed by atoms with van der Waals surface area (Å²) in [6.07, 6.45) is 2.78. The van der Waals surface area contributed by atoms with Crippen LogP contribution in [-0.4, -0.2) is 136 Å². The molecule has 4 heterocycles. The van der Waals surface area contributed by atoms with Crippen LogP contribution < -0.4 is 21.3 Å². The molecule has 1 aromatic rings. The maximum absolute atomic E-state index is 15.1. The normalized spacial score (nSPS) is 22.1. The van der Waals surface area contributed by atoms with Crippen LogP contribution in [0.15, 0.2) is 48.7 Å². The fourth-order valence-electron chi connectivity index (χ4n) is 6.92. The number of benzene rings is 1. The number of halogens is 3. The van der Waals surface area contributed by atoms with Crippen molar-refractivity contribution in [3.63, 3.8) is 0 Å². The minimum atomic E-state index is -1.18. The first-order chi connectivity index (χ1) is 25.5. The number of amides is 5. The molecule has 1 aromatic carbocycles. The van der Waals surface area contributed by atoms with Crippen molar-refractivity contribution in [1.29, 1.82) is 0 Å². The van der Waals surface area contributed by atoms with E-state index in [2.05, 4.69) is 27.8 Å². The SMILES string of the molecule is C=C(C)CN1C=C(c2cc(F)ccc2F)NC1C(C1CCOCC1)N(CC1CNCC1F)C(=O)NCCOC(=O)NCCOCCN1C(=O)C=CC1=O. The van der Waals surface area contributed by atoms with E-state index in [0.717, 1.165) is 28.7 Å². The number of urea groups is 1. The molecule has 4 aliphatic heterocycles. The molecule has 0 radical (unpaired) electrons. The van der Waals surface area contributed by atoms with Gasteiger partial charge >= 0.3 is 12.1 Å². The van der Waals surface area contributed by atoms with Gasteiger partial charge in [0, 0.05) is 75.8 Å². The van der Waals surface area contributed by atoms with Gasteiger partial charge in [-0.05, 0) is 43.9 Å². The third-order valence-corrected chi connectivity index (χ3v) is 9.50. The maximum atomic E-state index is 15.1. The lowest BCUT2D eigenvalue weighted by Crippen LogP contribution is -2.62. The number of nitrogens with zero attached hydrogens (tertiary/aromatic N) is 3. The van der Waals surface area contributed by atoms with Crippen LogP contribution in [0.1, 0.15) is 25.3 Å². The van der Waals surface area contributed by atoms with Crippen LogP contribution in [0, 0.1) is 23.5 Å².